The lowest BCUT2D eigenvalue weighted by Gasteiger charge is -2.19. The van der Waals surface area contributed by atoms with E-state index in [0.717, 1.165) is 31.9 Å². The minimum atomic E-state index is 0.0390. The molecule has 0 saturated carbocycles. The third kappa shape index (κ3) is 6.71. The molecule has 0 aliphatic heterocycles. The van der Waals surface area contributed by atoms with E-state index >= 15 is 0 Å². The minimum absolute atomic E-state index is 0.0390. The van der Waals surface area contributed by atoms with Crippen molar-refractivity contribution >= 4 is 55.4 Å². The summed E-state index contributed by atoms with van der Waals surface area (Å²) in [5.74, 6) is 1.30. The number of benzene rings is 4. The number of hydrogen-bond donors (Lipinski definition) is 0. The lowest BCUT2D eigenvalue weighted by atomic mass is 9.85. The molecule has 0 amide bonds. The average molecular weight is 745 g/mol. The first-order valence-corrected chi connectivity index (χ1v) is 20.1. The maximum Gasteiger partial charge on any atom is 0.234 e. The van der Waals surface area contributed by atoms with Crippen LogP contribution in [-0.2, 0) is 21.7 Å². The van der Waals surface area contributed by atoms with Gasteiger partial charge in [-0.05, 0) is 92.4 Å². The third-order valence-corrected chi connectivity index (χ3v) is 11.8. The van der Waals surface area contributed by atoms with E-state index in [9.17, 15) is 0 Å². The normalized spacial score (nSPS) is 13.2. The van der Waals surface area contributed by atoms with Gasteiger partial charge < -0.3 is 0 Å². The molecule has 0 bridgehead atoms. The molecule has 0 radical (unpaired) electrons. The lowest BCUT2D eigenvalue weighted by Crippen LogP contribution is -2.10. The lowest BCUT2D eigenvalue weighted by molar-refractivity contribution is 0.590. The topological polar surface area (TPSA) is 61.4 Å². The van der Waals surface area contributed by atoms with Gasteiger partial charge in [-0.1, -0.05) is 119 Å². The standard InChI is InChI=1S/C48H52N6S/c1-45(2,3)29-13-17-39-35(21-29)36-22-30(46(4,5)6)14-18-40(36)53(39)43-49-25-33(26-50-43)55-34-27-51-44(52-28-34)54-41-19-15-31(47(7,8)9)23-37(41)38-24-32(48(10,11)12)16-20-42(38)54/h13-28H,1-12H3. The number of rotatable bonds is 4. The summed E-state index contributed by atoms with van der Waals surface area (Å²) in [6.07, 6.45) is 7.60. The fourth-order valence-corrected chi connectivity index (χ4v) is 8.13. The van der Waals surface area contributed by atoms with E-state index < -0.39 is 0 Å². The van der Waals surface area contributed by atoms with E-state index in [4.69, 9.17) is 19.9 Å². The molecule has 7 heteroatoms. The van der Waals surface area contributed by atoms with Gasteiger partial charge in [0.15, 0.2) is 0 Å². The van der Waals surface area contributed by atoms with Crippen molar-refractivity contribution in [2.45, 2.75) is 115 Å². The molecule has 55 heavy (non-hydrogen) atoms. The molecular formula is C48H52N6S. The molecule has 8 rings (SSSR count). The van der Waals surface area contributed by atoms with Crippen LogP contribution in [0.4, 0.5) is 0 Å². The van der Waals surface area contributed by atoms with Gasteiger partial charge in [0.25, 0.3) is 0 Å². The summed E-state index contributed by atoms with van der Waals surface area (Å²) in [6, 6.07) is 27.2. The highest BCUT2D eigenvalue weighted by molar-refractivity contribution is 7.99. The highest BCUT2D eigenvalue weighted by Gasteiger charge is 2.23. The van der Waals surface area contributed by atoms with Crippen molar-refractivity contribution < 1.29 is 0 Å². The minimum Gasteiger partial charge on any atom is -0.278 e. The Morgan fingerprint density at radius 1 is 0.364 bits per heavy atom. The predicted molar refractivity (Wildman–Crippen MR) is 232 cm³/mol. The van der Waals surface area contributed by atoms with E-state index in [1.807, 2.05) is 24.8 Å². The molecule has 4 aromatic carbocycles. The Balaban J connectivity index is 1.13. The van der Waals surface area contributed by atoms with Gasteiger partial charge >= 0.3 is 0 Å². The molecule has 0 atom stereocenters. The molecule has 0 unspecified atom stereocenters. The van der Waals surface area contributed by atoms with Crippen LogP contribution in [0.5, 0.6) is 0 Å². The predicted octanol–water partition coefficient (Wildman–Crippen LogP) is 12.8. The van der Waals surface area contributed by atoms with Crippen molar-refractivity contribution in [1.82, 2.24) is 29.1 Å². The van der Waals surface area contributed by atoms with Crippen LogP contribution in [0, 0.1) is 0 Å². The van der Waals surface area contributed by atoms with Gasteiger partial charge in [-0.2, -0.15) is 0 Å². The van der Waals surface area contributed by atoms with E-state index in [2.05, 4.69) is 165 Å². The Hall–Kier alpha value is -5.01. The van der Waals surface area contributed by atoms with Gasteiger partial charge in [-0.3, -0.25) is 9.13 Å². The quantitative estimate of drug-likeness (QED) is 0.180. The molecule has 6 nitrogen and oxygen atoms in total. The Labute approximate surface area is 329 Å². The van der Waals surface area contributed by atoms with Crippen LogP contribution in [0.15, 0.2) is 107 Å². The summed E-state index contributed by atoms with van der Waals surface area (Å²) in [6.45, 7) is 27.2. The molecule has 4 heterocycles. The number of hydrogen-bond acceptors (Lipinski definition) is 5. The molecule has 8 aromatic rings. The Bertz CT molecular complexity index is 2410. The zero-order valence-electron chi connectivity index (χ0n) is 34.3. The van der Waals surface area contributed by atoms with Crippen molar-refractivity contribution in [3.05, 3.63) is 120 Å². The monoisotopic (exact) mass is 744 g/mol. The molecular weight excluding hydrogens is 693 g/mol. The largest absolute Gasteiger partial charge is 0.278 e. The third-order valence-electron chi connectivity index (χ3n) is 10.9. The van der Waals surface area contributed by atoms with E-state index in [1.54, 1.807) is 11.8 Å². The molecule has 4 aromatic heterocycles. The van der Waals surface area contributed by atoms with Crippen LogP contribution >= 0.6 is 11.8 Å². The molecule has 0 saturated heterocycles. The van der Waals surface area contributed by atoms with Crippen molar-refractivity contribution in [3.8, 4) is 11.9 Å². The Morgan fingerprint density at radius 3 is 0.818 bits per heavy atom. The number of aromatic nitrogens is 6. The Morgan fingerprint density at radius 2 is 0.600 bits per heavy atom. The van der Waals surface area contributed by atoms with Crippen LogP contribution in [0.1, 0.15) is 105 Å². The maximum absolute atomic E-state index is 4.92. The van der Waals surface area contributed by atoms with E-state index in [0.29, 0.717) is 11.9 Å². The van der Waals surface area contributed by atoms with E-state index in [1.165, 1.54) is 43.8 Å². The van der Waals surface area contributed by atoms with Crippen molar-refractivity contribution in [2.75, 3.05) is 0 Å². The molecule has 0 fully saturated rings. The first-order chi connectivity index (χ1) is 25.8. The van der Waals surface area contributed by atoms with Crippen LogP contribution in [0.2, 0.25) is 0 Å². The van der Waals surface area contributed by atoms with Crippen molar-refractivity contribution in [2.24, 2.45) is 0 Å². The second kappa shape index (κ2) is 12.8. The summed E-state index contributed by atoms with van der Waals surface area (Å²) >= 11 is 1.56. The summed E-state index contributed by atoms with van der Waals surface area (Å²) in [7, 11) is 0. The zero-order valence-corrected chi connectivity index (χ0v) is 35.1. The molecule has 0 N–H and O–H groups in total. The highest BCUT2D eigenvalue weighted by Crippen LogP contribution is 2.39. The zero-order chi connectivity index (χ0) is 39.2. The maximum atomic E-state index is 4.92. The second-order valence-corrected chi connectivity index (χ2v) is 20.3. The fraction of sp³-hybridized carbons (Fsp3) is 0.333. The van der Waals surface area contributed by atoms with Crippen LogP contribution in [0.25, 0.3) is 55.5 Å². The van der Waals surface area contributed by atoms with Crippen LogP contribution in [-0.4, -0.2) is 29.1 Å². The van der Waals surface area contributed by atoms with E-state index in [-0.39, 0.29) is 21.7 Å². The first kappa shape index (κ1) is 36.9. The molecule has 0 aliphatic carbocycles. The molecule has 0 spiro atoms. The first-order valence-electron chi connectivity index (χ1n) is 19.3. The van der Waals surface area contributed by atoms with Gasteiger partial charge in [-0.25, -0.2) is 19.9 Å². The number of fused-ring (bicyclic) bond motifs is 6. The molecule has 0 aliphatic rings. The average Bonchev–Trinajstić information content (AvgIpc) is 3.62. The summed E-state index contributed by atoms with van der Waals surface area (Å²) in [4.78, 5) is 21.5. The van der Waals surface area contributed by atoms with Crippen LogP contribution in [0.3, 0.4) is 0 Å². The summed E-state index contributed by atoms with van der Waals surface area (Å²) in [5, 5.41) is 4.89. The number of nitrogens with zero attached hydrogens (tertiary/aromatic N) is 6. The second-order valence-electron chi connectivity index (χ2n) is 19.1. The fourth-order valence-electron chi connectivity index (χ4n) is 7.43. The van der Waals surface area contributed by atoms with Gasteiger partial charge in [0.2, 0.25) is 11.9 Å². The van der Waals surface area contributed by atoms with Gasteiger partial charge in [0.1, 0.15) is 0 Å². The highest BCUT2D eigenvalue weighted by atomic mass is 32.2. The van der Waals surface area contributed by atoms with Crippen LogP contribution < -0.4 is 0 Å². The van der Waals surface area contributed by atoms with Crippen molar-refractivity contribution in [3.63, 3.8) is 0 Å². The molecule has 280 valence electrons. The summed E-state index contributed by atoms with van der Waals surface area (Å²) in [5.41, 5.74) is 9.81. The van der Waals surface area contributed by atoms with Crippen molar-refractivity contribution in [1.29, 1.82) is 0 Å². The van der Waals surface area contributed by atoms with Gasteiger partial charge in [0.05, 0.1) is 22.1 Å². The summed E-state index contributed by atoms with van der Waals surface area (Å²) < 4.78 is 4.38. The smallest absolute Gasteiger partial charge is 0.234 e. The van der Waals surface area contributed by atoms with Gasteiger partial charge in [-0.15, -0.1) is 0 Å². The van der Waals surface area contributed by atoms with Gasteiger partial charge in [0, 0.05) is 56.1 Å². The SMILES string of the molecule is CC(C)(C)c1ccc2c(c1)c1cc(C(C)(C)C)ccc1n2-c1ncc(Sc2cnc(-n3c4ccc(C(C)(C)C)cc4c4cc(C(C)(C)C)ccc43)nc2)cn1. The Kier molecular flexibility index (Phi) is 8.58.